The zero-order chi connectivity index (χ0) is 29.3. The van der Waals surface area contributed by atoms with Gasteiger partial charge in [0.15, 0.2) is 28.4 Å². The number of methoxy groups -OCH3 is 1. The number of benzene rings is 2. The molecular weight excluding hydrogens is 532 g/mol. The monoisotopic (exact) mass is 562 g/mol. The molecule has 1 aromatic heterocycles. The molecule has 0 radical (unpaired) electrons. The number of hydrogen-bond donors (Lipinski definition) is 6. The van der Waals surface area contributed by atoms with Crippen molar-refractivity contribution in [1.82, 2.24) is 0 Å². The molecule has 216 valence electrons. The molecule has 2 aromatic carbocycles. The molecule has 1 saturated heterocycles. The molecule has 0 aliphatic carbocycles. The fourth-order valence-corrected chi connectivity index (χ4v) is 4.12. The van der Waals surface area contributed by atoms with E-state index < -0.39 is 66.1 Å². The average Bonchev–Trinajstić information content (AvgIpc) is 2.93. The van der Waals surface area contributed by atoms with Crippen LogP contribution in [0.2, 0.25) is 0 Å². The highest BCUT2D eigenvalue weighted by atomic mass is 16.7. The van der Waals surface area contributed by atoms with E-state index >= 15 is 0 Å². The number of phenols is 3. The molecule has 13 heteroatoms. The van der Waals surface area contributed by atoms with Gasteiger partial charge in [-0.3, -0.25) is 9.59 Å². The van der Waals surface area contributed by atoms with E-state index in [0.717, 1.165) is 6.07 Å². The molecule has 0 bridgehead atoms. The fraction of sp³-hybridized carbons (Fsp3) is 0.407. The standard InChI is InChI=1S/C27H30O13/c1-4-11(2)26(35)37-10-19-21(31)23(33)24(34)27(40-19)39-18-9-17-20(22(32)25(18)36-3)15(30)8-16(38-17)12-5-6-13(28)14(29)7-12/h5-9,11,19,21,23-24,27-29,31-34H,4,10H2,1-3H3. The molecule has 4 rings (SSSR count). The van der Waals surface area contributed by atoms with Crippen LogP contribution in [0.1, 0.15) is 20.3 Å². The summed E-state index contributed by atoms with van der Waals surface area (Å²) in [6.45, 7) is 3.03. The Balaban J connectivity index is 1.68. The molecule has 1 aliphatic heterocycles. The van der Waals surface area contributed by atoms with Gasteiger partial charge in [0.2, 0.25) is 12.0 Å². The lowest BCUT2D eigenvalue weighted by Crippen LogP contribution is -2.60. The molecule has 0 amide bonds. The summed E-state index contributed by atoms with van der Waals surface area (Å²) in [5.74, 6) is -3.00. The second-order valence-corrected chi connectivity index (χ2v) is 9.38. The van der Waals surface area contributed by atoms with Crippen molar-refractivity contribution in [2.45, 2.75) is 51.0 Å². The molecule has 1 fully saturated rings. The molecule has 6 unspecified atom stereocenters. The Kier molecular flexibility index (Phi) is 8.40. The van der Waals surface area contributed by atoms with Gasteiger partial charge in [0, 0.05) is 17.7 Å². The smallest absolute Gasteiger partial charge is 0.308 e. The van der Waals surface area contributed by atoms with Crippen LogP contribution in [-0.2, 0) is 14.3 Å². The number of phenolic OH excluding ortho intramolecular Hbond substituents is 3. The zero-order valence-corrected chi connectivity index (χ0v) is 21.8. The topological polar surface area (TPSA) is 206 Å². The predicted octanol–water partition coefficient (Wildman–Crippen LogP) is 1.36. The van der Waals surface area contributed by atoms with Crippen molar-refractivity contribution >= 4 is 16.9 Å². The summed E-state index contributed by atoms with van der Waals surface area (Å²) in [4.78, 5) is 25.0. The molecule has 6 N–H and O–H groups in total. The van der Waals surface area contributed by atoms with Gasteiger partial charge in [-0.05, 0) is 24.6 Å². The molecule has 3 aromatic rings. The van der Waals surface area contributed by atoms with Crippen LogP contribution in [0.15, 0.2) is 39.5 Å². The highest BCUT2D eigenvalue weighted by Gasteiger charge is 2.46. The highest BCUT2D eigenvalue weighted by Crippen LogP contribution is 2.43. The summed E-state index contributed by atoms with van der Waals surface area (Å²) in [5.41, 5.74) is -0.597. The van der Waals surface area contributed by atoms with Crippen LogP contribution < -0.4 is 14.9 Å². The first-order chi connectivity index (χ1) is 19.0. The van der Waals surface area contributed by atoms with Gasteiger partial charge in [0.05, 0.1) is 13.0 Å². The van der Waals surface area contributed by atoms with Crippen LogP contribution in [0.3, 0.4) is 0 Å². The van der Waals surface area contributed by atoms with Crippen LogP contribution in [0, 0.1) is 5.92 Å². The van der Waals surface area contributed by atoms with Crippen molar-refractivity contribution < 1.29 is 58.8 Å². The van der Waals surface area contributed by atoms with Gasteiger partial charge >= 0.3 is 5.97 Å². The van der Waals surface area contributed by atoms with E-state index in [-0.39, 0.29) is 39.5 Å². The van der Waals surface area contributed by atoms with Gasteiger partial charge in [-0.15, -0.1) is 0 Å². The third-order valence-corrected chi connectivity index (χ3v) is 6.69. The summed E-state index contributed by atoms with van der Waals surface area (Å²) in [6.07, 6.45) is -7.54. The summed E-state index contributed by atoms with van der Waals surface area (Å²) in [5, 5.41) is 61.3. The quantitative estimate of drug-likeness (QED) is 0.170. The van der Waals surface area contributed by atoms with Crippen molar-refractivity contribution in [2.75, 3.05) is 13.7 Å². The van der Waals surface area contributed by atoms with Gasteiger partial charge in [0.1, 0.15) is 47.8 Å². The normalized spacial score (nSPS) is 23.5. The first-order valence-corrected chi connectivity index (χ1v) is 12.4. The van der Waals surface area contributed by atoms with Gasteiger partial charge in [0.25, 0.3) is 0 Å². The number of aliphatic hydroxyl groups excluding tert-OH is 3. The number of aromatic hydroxyl groups is 3. The maximum absolute atomic E-state index is 12.9. The molecule has 40 heavy (non-hydrogen) atoms. The Hall–Kier alpha value is -4.04. The number of fused-ring (bicyclic) bond motifs is 1. The average molecular weight is 563 g/mol. The minimum Gasteiger partial charge on any atom is -0.504 e. The van der Waals surface area contributed by atoms with Gasteiger partial charge < -0.3 is 54.0 Å². The Morgan fingerprint density at radius 2 is 1.75 bits per heavy atom. The summed E-state index contributed by atoms with van der Waals surface area (Å²) >= 11 is 0. The molecule has 2 heterocycles. The number of hydrogen-bond acceptors (Lipinski definition) is 13. The van der Waals surface area contributed by atoms with E-state index in [1.54, 1.807) is 13.8 Å². The first-order valence-electron chi connectivity index (χ1n) is 12.4. The Morgan fingerprint density at radius 1 is 1.02 bits per heavy atom. The lowest BCUT2D eigenvalue weighted by atomic mass is 9.99. The van der Waals surface area contributed by atoms with Crippen LogP contribution in [0.5, 0.6) is 28.7 Å². The first kappa shape index (κ1) is 29.0. The molecule has 0 saturated carbocycles. The van der Waals surface area contributed by atoms with Crippen molar-refractivity contribution in [3.05, 3.63) is 40.6 Å². The van der Waals surface area contributed by atoms with Crippen LogP contribution in [0.4, 0.5) is 0 Å². The van der Waals surface area contributed by atoms with E-state index in [4.69, 9.17) is 23.4 Å². The number of carbonyl (C=O) groups is 1. The number of esters is 1. The van der Waals surface area contributed by atoms with Gasteiger partial charge in [-0.2, -0.15) is 0 Å². The van der Waals surface area contributed by atoms with Crippen LogP contribution >= 0.6 is 0 Å². The summed E-state index contributed by atoms with van der Waals surface area (Å²) < 4.78 is 27.5. The fourth-order valence-electron chi connectivity index (χ4n) is 4.12. The van der Waals surface area contributed by atoms with Gasteiger partial charge in [-0.1, -0.05) is 13.8 Å². The van der Waals surface area contributed by atoms with Crippen molar-refractivity contribution in [2.24, 2.45) is 5.92 Å². The molecular formula is C27H30O13. The Morgan fingerprint density at radius 3 is 2.40 bits per heavy atom. The molecule has 1 aliphatic rings. The summed E-state index contributed by atoms with van der Waals surface area (Å²) in [7, 11) is 1.19. The minimum atomic E-state index is -1.78. The minimum absolute atomic E-state index is 0.0148. The van der Waals surface area contributed by atoms with E-state index in [0.29, 0.717) is 6.42 Å². The lowest BCUT2D eigenvalue weighted by molar-refractivity contribution is -0.279. The third kappa shape index (κ3) is 5.49. The SMILES string of the molecule is CCC(C)C(=O)OCC1OC(Oc2cc3oc(-c4ccc(O)c(O)c4)cc(=O)c3c(O)c2OC)C(O)C(O)C1O. The van der Waals surface area contributed by atoms with Crippen LogP contribution in [0.25, 0.3) is 22.3 Å². The molecule has 6 atom stereocenters. The number of carbonyl (C=O) groups excluding carboxylic acids is 1. The third-order valence-electron chi connectivity index (χ3n) is 6.69. The Labute approximate surface area is 227 Å². The van der Waals surface area contributed by atoms with Crippen LogP contribution in [-0.4, -0.2) is 81.0 Å². The van der Waals surface area contributed by atoms with Crippen molar-refractivity contribution in [3.63, 3.8) is 0 Å². The maximum atomic E-state index is 12.9. The largest absolute Gasteiger partial charge is 0.504 e. The summed E-state index contributed by atoms with van der Waals surface area (Å²) in [6, 6.07) is 6.03. The number of ether oxygens (including phenoxy) is 4. The zero-order valence-electron chi connectivity index (χ0n) is 21.8. The van der Waals surface area contributed by atoms with Gasteiger partial charge in [-0.25, -0.2) is 0 Å². The lowest BCUT2D eigenvalue weighted by Gasteiger charge is -2.40. The second kappa shape index (κ2) is 11.6. The van der Waals surface area contributed by atoms with E-state index in [9.17, 15) is 40.2 Å². The number of rotatable bonds is 8. The molecule has 13 nitrogen and oxygen atoms in total. The Bertz CT molecular complexity index is 1450. The highest BCUT2D eigenvalue weighted by molar-refractivity contribution is 5.89. The van der Waals surface area contributed by atoms with Crippen molar-refractivity contribution in [1.29, 1.82) is 0 Å². The molecule has 0 spiro atoms. The van der Waals surface area contributed by atoms with E-state index in [2.05, 4.69) is 0 Å². The van der Waals surface area contributed by atoms with Crippen molar-refractivity contribution in [3.8, 4) is 40.1 Å². The predicted molar refractivity (Wildman–Crippen MR) is 137 cm³/mol. The van der Waals surface area contributed by atoms with E-state index in [1.807, 2.05) is 0 Å². The number of aliphatic hydroxyl groups is 3. The second-order valence-electron chi connectivity index (χ2n) is 9.38. The van der Waals surface area contributed by atoms with E-state index in [1.165, 1.54) is 31.4 Å². The maximum Gasteiger partial charge on any atom is 0.308 e.